The van der Waals surface area contributed by atoms with Crippen LogP contribution < -0.4 is 5.32 Å². The largest absolute Gasteiger partial charge is 0.491 e. The molecule has 8 nitrogen and oxygen atoms in total. The maximum Gasteiger partial charge on any atom is 0.320 e. The molecule has 3 unspecified atom stereocenters. The molecule has 0 saturated carbocycles. The van der Waals surface area contributed by atoms with E-state index >= 15 is 0 Å². The Balaban J connectivity index is 0.00000261. The maximum atomic E-state index is 12.9. The molecular formula is C17H24N5O3SY-. The molecule has 27 heavy (non-hydrogen) atoms. The number of carbonyl (C=O) groups excluding carboxylic acids is 3. The molecule has 10 heteroatoms. The van der Waals surface area contributed by atoms with E-state index in [2.05, 4.69) is 10.3 Å². The molecule has 0 spiro atoms. The van der Waals surface area contributed by atoms with Crippen LogP contribution in [0.3, 0.4) is 0 Å². The van der Waals surface area contributed by atoms with E-state index in [1.165, 1.54) is 21.1 Å². The standard InChI is InChI=1S/C17H24N5O3S.Y/c1-11-14(21(3)17(25)20(11)2)15(23)19-13(8-12-9-26-10-18-12)16(24)22-6-4-5-7-22;/h6,9-11,13-14H,4-5,7-8H2,1-3H3,(H,19,23);/q-1;. The molecule has 1 N–H and O–H groups in total. The van der Waals surface area contributed by atoms with Crippen molar-refractivity contribution in [3.8, 4) is 0 Å². The predicted octanol–water partition coefficient (Wildman–Crippen LogP) is 0.706. The molecule has 2 aliphatic rings. The van der Waals surface area contributed by atoms with Crippen molar-refractivity contribution in [2.75, 3.05) is 20.6 Å². The third-order valence-electron chi connectivity index (χ3n) is 5.10. The summed E-state index contributed by atoms with van der Waals surface area (Å²) in [4.78, 5) is 46.7. The molecule has 2 aliphatic heterocycles. The van der Waals surface area contributed by atoms with E-state index < -0.39 is 12.1 Å². The van der Waals surface area contributed by atoms with Crippen LogP contribution in [0, 0.1) is 6.54 Å². The normalized spacial score (nSPS) is 23.4. The van der Waals surface area contributed by atoms with Gasteiger partial charge in [0.15, 0.2) is 0 Å². The number of hydrogen-bond acceptors (Lipinski definition) is 5. The number of thiazole rings is 1. The van der Waals surface area contributed by atoms with Gasteiger partial charge < -0.3 is 20.0 Å². The van der Waals surface area contributed by atoms with E-state index in [1.807, 2.05) is 18.8 Å². The number of urea groups is 1. The number of carbonyl (C=O) groups is 3. The first-order chi connectivity index (χ1) is 12.4. The fourth-order valence-electron chi connectivity index (χ4n) is 3.48. The first kappa shape index (κ1) is 22.2. The molecule has 145 valence electrons. The van der Waals surface area contributed by atoms with Crippen LogP contribution in [-0.2, 0) is 48.7 Å². The first-order valence-corrected chi connectivity index (χ1v) is 9.65. The number of nitrogens with one attached hydrogen (secondary N) is 1. The second kappa shape index (κ2) is 9.43. The van der Waals surface area contributed by atoms with Gasteiger partial charge in [0.2, 0.25) is 11.8 Å². The SMILES string of the molecule is CC1C(C(=O)NC(Cc2cscn2)C(=O)N2[CH-]CCC2)N(C)C(=O)N1C.[Y]. The number of hydrogen-bond donors (Lipinski definition) is 1. The van der Waals surface area contributed by atoms with Crippen molar-refractivity contribution >= 4 is 29.2 Å². The van der Waals surface area contributed by atoms with Gasteiger partial charge in [0.1, 0.15) is 12.1 Å². The Morgan fingerprint density at radius 2 is 2.15 bits per heavy atom. The fraction of sp³-hybridized carbons (Fsp3) is 0.588. The van der Waals surface area contributed by atoms with E-state index in [1.54, 1.807) is 24.5 Å². The summed E-state index contributed by atoms with van der Waals surface area (Å²) >= 11 is 1.46. The van der Waals surface area contributed by atoms with Crippen molar-refractivity contribution in [2.24, 2.45) is 0 Å². The minimum absolute atomic E-state index is 0. The summed E-state index contributed by atoms with van der Waals surface area (Å²) in [5, 5.41) is 4.75. The summed E-state index contributed by atoms with van der Waals surface area (Å²) in [6.45, 7) is 4.38. The predicted molar refractivity (Wildman–Crippen MR) is 97.2 cm³/mol. The van der Waals surface area contributed by atoms with E-state index in [4.69, 9.17) is 0 Å². The van der Waals surface area contributed by atoms with Gasteiger partial charge in [0, 0.05) is 58.6 Å². The molecule has 0 aromatic carbocycles. The summed E-state index contributed by atoms with van der Waals surface area (Å²) in [5.41, 5.74) is 2.48. The topological polar surface area (TPSA) is 85.9 Å². The molecule has 2 fully saturated rings. The molecule has 1 aromatic rings. The van der Waals surface area contributed by atoms with E-state index in [0.29, 0.717) is 13.0 Å². The number of rotatable bonds is 5. The number of likely N-dealkylation sites (tertiary alicyclic amines) is 1. The van der Waals surface area contributed by atoms with Gasteiger partial charge in [0.25, 0.3) is 0 Å². The van der Waals surface area contributed by atoms with Crippen molar-refractivity contribution in [1.29, 1.82) is 0 Å². The Bertz CT molecular complexity index is 680. The molecule has 2 saturated heterocycles. The molecular weight excluding hydrogens is 443 g/mol. The summed E-state index contributed by atoms with van der Waals surface area (Å²) in [7, 11) is 3.28. The van der Waals surface area contributed by atoms with Crippen LogP contribution in [-0.4, -0.2) is 76.3 Å². The number of likely N-dealkylation sites (N-methyl/N-ethyl adjacent to an activating group) is 2. The molecule has 3 heterocycles. The zero-order chi connectivity index (χ0) is 18.8. The van der Waals surface area contributed by atoms with Crippen LogP contribution in [0.1, 0.15) is 25.5 Å². The molecule has 1 radical (unpaired) electrons. The van der Waals surface area contributed by atoms with Crippen LogP contribution >= 0.6 is 11.3 Å². The second-order valence-corrected chi connectivity index (χ2v) is 7.51. The van der Waals surface area contributed by atoms with E-state index in [0.717, 1.165) is 18.5 Å². The van der Waals surface area contributed by atoms with Crippen LogP contribution in [0.15, 0.2) is 10.9 Å². The first-order valence-electron chi connectivity index (χ1n) is 8.71. The third kappa shape index (κ3) is 4.68. The zero-order valence-electron chi connectivity index (χ0n) is 15.8. The van der Waals surface area contributed by atoms with Crippen LogP contribution in [0.2, 0.25) is 0 Å². The quantitative estimate of drug-likeness (QED) is 0.647. The molecule has 3 atom stereocenters. The van der Waals surface area contributed by atoms with Gasteiger partial charge in [-0.05, 0) is 13.5 Å². The van der Waals surface area contributed by atoms with Crippen molar-refractivity contribution in [3.63, 3.8) is 0 Å². The van der Waals surface area contributed by atoms with Crippen molar-refractivity contribution < 1.29 is 47.1 Å². The third-order valence-corrected chi connectivity index (χ3v) is 5.74. The van der Waals surface area contributed by atoms with Gasteiger partial charge in [-0.25, -0.2) is 16.3 Å². The van der Waals surface area contributed by atoms with Gasteiger partial charge in [-0.2, -0.15) is 6.42 Å². The number of nitrogens with zero attached hydrogens (tertiary/aromatic N) is 4. The average molecular weight is 467 g/mol. The Kier molecular flexibility index (Phi) is 7.77. The van der Waals surface area contributed by atoms with Crippen LogP contribution in [0.4, 0.5) is 4.79 Å². The fourth-order valence-corrected chi connectivity index (χ4v) is 4.05. The molecule has 0 bridgehead atoms. The molecule has 3 rings (SSSR count). The molecule has 1 aromatic heterocycles. The minimum Gasteiger partial charge on any atom is -0.491 e. The summed E-state index contributed by atoms with van der Waals surface area (Å²) < 4.78 is 0. The number of aromatic nitrogens is 1. The Hall–Kier alpha value is -1.06. The number of amides is 4. The monoisotopic (exact) mass is 467 g/mol. The van der Waals surface area contributed by atoms with Crippen molar-refractivity contribution in [3.05, 3.63) is 23.1 Å². The Morgan fingerprint density at radius 1 is 1.41 bits per heavy atom. The second-order valence-electron chi connectivity index (χ2n) is 6.79. The van der Waals surface area contributed by atoms with E-state index in [9.17, 15) is 14.4 Å². The van der Waals surface area contributed by atoms with Gasteiger partial charge in [-0.1, -0.05) is 6.42 Å². The van der Waals surface area contributed by atoms with Crippen molar-refractivity contribution in [2.45, 2.75) is 44.3 Å². The van der Waals surface area contributed by atoms with E-state index in [-0.39, 0.29) is 56.6 Å². The Morgan fingerprint density at radius 3 is 2.67 bits per heavy atom. The average Bonchev–Trinajstić information content (AvgIpc) is 3.35. The van der Waals surface area contributed by atoms with Gasteiger partial charge in [0.05, 0.1) is 17.2 Å². The van der Waals surface area contributed by atoms with Gasteiger partial charge in [-0.3, -0.25) is 9.59 Å². The van der Waals surface area contributed by atoms with Crippen molar-refractivity contribution in [1.82, 2.24) is 25.0 Å². The Labute approximate surface area is 188 Å². The maximum absolute atomic E-state index is 12.9. The smallest absolute Gasteiger partial charge is 0.320 e. The van der Waals surface area contributed by atoms with Crippen LogP contribution in [0.25, 0.3) is 0 Å². The van der Waals surface area contributed by atoms with Gasteiger partial charge >= 0.3 is 6.03 Å². The minimum atomic E-state index is -0.694. The van der Waals surface area contributed by atoms with Crippen LogP contribution in [0.5, 0.6) is 0 Å². The summed E-state index contributed by atoms with van der Waals surface area (Å²) in [6.07, 6.45) is 2.14. The zero-order valence-corrected chi connectivity index (χ0v) is 19.4. The van der Waals surface area contributed by atoms with Gasteiger partial charge in [-0.15, -0.1) is 11.3 Å². The molecule has 4 amide bonds. The summed E-state index contributed by atoms with van der Waals surface area (Å²) in [5.74, 6) is -0.442. The molecule has 0 aliphatic carbocycles. The summed E-state index contributed by atoms with van der Waals surface area (Å²) in [6, 6.07) is -1.78.